The van der Waals surface area contributed by atoms with E-state index in [0.717, 1.165) is 25.6 Å². The van der Waals surface area contributed by atoms with Crippen LogP contribution in [0, 0.1) is 5.92 Å². The van der Waals surface area contributed by atoms with E-state index in [1.165, 1.54) is 6.26 Å². The molecule has 0 saturated heterocycles. The van der Waals surface area contributed by atoms with Gasteiger partial charge in [0, 0.05) is 38.0 Å². The average Bonchev–Trinajstić information content (AvgIpc) is 2.52. The second-order valence-corrected chi connectivity index (χ2v) is 9.29. The molecule has 2 unspecified atom stereocenters. The number of guanidine groups is 1. The number of sulfone groups is 1. The van der Waals surface area contributed by atoms with Crippen LogP contribution >= 0.6 is 0 Å². The molecule has 0 aliphatic rings. The van der Waals surface area contributed by atoms with Crippen molar-refractivity contribution in [3.05, 3.63) is 25.3 Å². The molecule has 0 aromatic rings. The van der Waals surface area contributed by atoms with Gasteiger partial charge in [0.05, 0.1) is 12.3 Å². The Kier molecular flexibility index (Phi) is 12.3. The largest absolute Gasteiger partial charge is 0.357 e. The molecule has 7 heteroatoms. The maximum atomic E-state index is 11.3. The van der Waals surface area contributed by atoms with Gasteiger partial charge in [-0.2, -0.15) is 0 Å². The third kappa shape index (κ3) is 11.3. The van der Waals surface area contributed by atoms with E-state index in [-0.39, 0.29) is 17.8 Å². The SMILES string of the molecule is C=CCN(CC=C)C(CN=C(NCC)NC(C)CCS(C)(=O)=O)C(C)C. The topological polar surface area (TPSA) is 73.8 Å². The zero-order valence-electron chi connectivity index (χ0n) is 17.2. The number of nitrogens with zero attached hydrogens (tertiary/aromatic N) is 2. The summed E-state index contributed by atoms with van der Waals surface area (Å²) < 4.78 is 22.7. The highest BCUT2D eigenvalue weighted by molar-refractivity contribution is 7.90. The van der Waals surface area contributed by atoms with E-state index in [9.17, 15) is 8.42 Å². The van der Waals surface area contributed by atoms with Crippen LogP contribution in [0.5, 0.6) is 0 Å². The standard InChI is InChI=1S/C19H38N4O2S/c1-8-12-23(13-9-2)18(16(4)5)15-21-19(20-10-3)22-17(6)11-14-26(7,24)25/h8-9,16-18H,1-2,10-15H2,3-7H3,(H2,20,21,22). The van der Waals surface area contributed by atoms with Crippen molar-refractivity contribution in [3.8, 4) is 0 Å². The summed E-state index contributed by atoms with van der Waals surface area (Å²) in [5, 5.41) is 6.54. The monoisotopic (exact) mass is 386 g/mol. The molecule has 0 radical (unpaired) electrons. The van der Waals surface area contributed by atoms with Crippen LogP contribution in [0.2, 0.25) is 0 Å². The van der Waals surface area contributed by atoms with Crippen LogP contribution in [0.1, 0.15) is 34.1 Å². The van der Waals surface area contributed by atoms with Crippen LogP contribution in [0.15, 0.2) is 30.3 Å². The van der Waals surface area contributed by atoms with E-state index in [1.807, 2.05) is 26.0 Å². The first-order valence-corrected chi connectivity index (χ1v) is 11.4. The highest BCUT2D eigenvalue weighted by atomic mass is 32.2. The summed E-state index contributed by atoms with van der Waals surface area (Å²) >= 11 is 0. The molecule has 0 heterocycles. The smallest absolute Gasteiger partial charge is 0.191 e. The van der Waals surface area contributed by atoms with E-state index in [4.69, 9.17) is 4.99 Å². The Morgan fingerprint density at radius 2 is 1.77 bits per heavy atom. The summed E-state index contributed by atoms with van der Waals surface area (Å²) in [5.74, 6) is 1.32. The summed E-state index contributed by atoms with van der Waals surface area (Å²) in [6, 6.07) is 0.297. The van der Waals surface area contributed by atoms with Gasteiger partial charge in [0.2, 0.25) is 0 Å². The molecule has 0 rings (SSSR count). The third-order valence-electron chi connectivity index (χ3n) is 4.05. The van der Waals surface area contributed by atoms with E-state index in [1.54, 1.807) is 0 Å². The minimum atomic E-state index is -2.95. The van der Waals surface area contributed by atoms with E-state index in [2.05, 4.69) is 42.5 Å². The minimum Gasteiger partial charge on any atom is -0.357 e. The van der Waals surface area contributed by atoms with Gasteiger partial charge in [0.25, 0.3) is 0 Å². The fourth-order valence-electron chi connectivity index (χ4n) is 2.63. The molecule has 0 aromatic heterocycles. The Labute approximate surface area is 160 Å². The lowest BCUT2D eigenvalue weighted by atomic mass is 10.0. The highest BCUT2D eigenvalue weighted by Crippen LogP contribution is 2.12. The molecule has 152 valence electrons. The lowest BCUT2D eigenvalue weighted by molar-refractivity contribution is 0.195. The molecule has 0 aliphatic carbocycles. The molecular weight excluding hydrogens is 348 g/mol. The fraction of sp³-hybridized carbons (Fsp3) is 0.737. The Morgan fingerprint density at radius 1 is 1.19 bits per heavy atom. The van der Waals surface area contributed by atoms with Gasteiger partial charge in [0.1, 0.15) is 9.84 Å². The third-order valence-corrected chi connectivity index (χ3v) is 5.03. The number of aliphatic imine (C=N–C) groups is 1. The van der Waals surface area contributed by atoms with Crippen molar-refractivity contribution < 1.29 is 8.42 Å². The first-order chi connectivity index (χ1) is 12.1. The van der Waals surface area contributed by atoms with Crippen molar-refractivity contribution in [1.29, 1.82) is 0 Å². The number of hydrogen-bond donors (Lipinski definition) is 2. The molecule has 0 aliphatic heterocycles. The van der Waals surface area contributed by atoms with Crippen molar-refractivity contribution in [1.82, 2.24) is 15.5 Å². The zero-order valence-corrected chi connectivity index (χ0v) is 18.0. The summed E-state index contributed by atoms with van der Waals surface area (Å²) in [7, 11) is -2.95. The van der Waals surface area contributed by atoms with Gasteiger partial charge in [-0.15, -0.1) is 13.2 Å². The van der Waals surface area contributed by atoms with E-state index >= 15 is 0 Å². The molecule has 2 atom stereocenters. The summed E-state index contributed by atoms with van der Waals surface area (Å²) in [6.45, 7) is 19.0. The predicted molar refractivity (Wildman–Crippen MR) is 113 cm³/mol. The van der Waals surface area contributed by atoms with Gasteiger partial charge in [-0.1, -0.05) is 26.0 Å². The molecule has 6 nitrogen and oxygen atoms in total. The maximum Gasteiger partial charge on any atom is 0.191 e. The summed E-state index contributed by atoms with van der Waals surface area (Å²) in [6.07, 6.45) is 5.62. The molecule has 2 N–H and O–H groups in total. The summed E-state index contributed by atoms with van der Waals surface area (Å²) in [5.41, 5.74) is 0. The van der Waals surface area contributed by atoms with Crippen molar-refractivity contribution in [3.63, 3.8) is 0 Å². The second-order valence-electron chi connectivity index (χ2n) is 7.03. The lowest BCUT2D eigenvalue weighted by Crippen LogP contribution is -2.45. The van der Waals surface area contributed by atoms with E-state index < -0.39 is 9.84 Å². The quantitative estimate of drug-likeness (QED) is 0.288. The Bertz CT molecular complexity index is 534. The van der Waals surface area contributed by atoms with Crippen LogP contribution < -0.4 is 10.6 Å². The van der Waals surface area contributed by atoms with Gasteiger partial charge in [-0.05, 0) is 26.2 Å². The molecule has 0 spiro atoms. The number of nitrogens with one attached hydrogen (secondary N) is 2. The van der Waals surface area contributed by atoms with Gasteiger partial charge in [-0.25, -0.2) is 8.42 Å². The lowest BCUT2D eigenvalue weighted by Gasteiger charge is -2.32. The molecule has 26 heavy (non-hydrogen) atoms. The average molecular weight is 387 g/mol. The van der Waals surface area contributed by atoms with E-state index in [0.29, 0.717) is 18.9 Å². The van der Waals surface area contributed by atoms with Gasteiger partial charge in [-0.3, -0.25) is 9.89 Å². The zero-order chi connectivity index (χ0) is 20.2. The van der Waals surface area contributed by atoms with Crippen LogP contribution in [0.3, 0.4) is 0 Å². The molecule has 0 aromatic carbocycles. The summed E-state index contributed by atoms with van der Waals surface area (Å²) in [4.78, 5) is 7.05. The Hall–Kier alpha value is -1.34. The second kappa shape index (κ2) is 12.9. The predicted octanol–water partition coefficient (Wildman–Crippen LogP) is 2.06. The molecule has 0 saturated carbocycles. The fourth-order valence-corrected chi connectivity index (χ4v) is 3.41. The Morgan fingerprint density at radius 3 is 2.19 bits per heavy atom. The van der Waals surface area contributed by atoms with Crippen molar-refractivity contribution in [2.45, 2.75) is 46.2 Å². The van der Waals surface area contributed by atoms with Crippen LogP contribution in [0.25, 0.3) is 0 Å². The first kappa shape index (κ1) is 24.7. The van der Waals surface area contributed by atoms with Gasteiger partial charge in [0.15, 0.2) is 5.96 Å². The van der Waals surface area contributed by atoms with Crippen molar-refractivity contribution in [2.24, 2.45) is 10.9 Å². The van der Waals surface area contributed by atoms with Crippen molar-refractivity contribution >= 4 is 15.8 Å². The minimum absolute atomic E-state index is 0.0254. The number of hydrogen-bond acceptors (Lipinski definition) is 4. The molecule has 0 fully saturated rings. The van der Waals surface area contributed by atoms with Gasteiger partial charge < -0.3 is 10.6 Å². The highest BCUT2D eigenvalue weighted by Gasteiger charge is 2.20. The van der Waals surface area contributed by atoms with Gasteiger partial charge >= 0.3 is 0 Å². The van der Waals surface area contributed by atoms with Crippen LogP contribution in [-0.4, -0.2) is 69.5 Å². The van der Waals surface area contributed by atoms with Crippen LogP contribution in [-0.2, 0) is 9.84 Å². The molecule has 0 amide bonds. The normalized spacial score (nSPS) is 15.0. The molecule has 0 bridgehead atoms. The number of rotatable bonds is 13. The van der Waals surface area contributed by atoms with Crippen LogP contribution in [0.4, 0.5) is 0 Å². The maximum absolute atomic E-state index is 11.3. The van der Waals surface area contributed by atoms with Crippen molar-refractivity contribution in [2.75, 3.05) is 38.2 Å². The molecular formula is C19H38N4O2S. The first-order valence-electron chi connectivity index (χ1n) is 9.32. The Balaban J connectivity index is 5.04.